The van der Waals surface area contributed by atoms with Crippen LogP contribution in [0.1, 0.15) is 29.8 Å². The Morgan fingerprint density at radius 3 is 2.55 bits per heavy atom. The molecule has 0 saturated carbocycles. The minimum Gasteiger partial charge on any atom is -0.358 e. The van der Waals surface area contributed by atoms with E-state index in [0.717, 1.165) is 11.4 Å². The monoisotopic (exact) mass is 412 g/mol. The number of amides is 1. The molecule has 1 aromatic carbocycles. The number of carbonyl (C=O) groups excluding carboxylic acids is 1. The second kappa shape index (κ2) is 9.05. The van der Waals surface area contributed by atoms with Crippen LogP contribution in [0.2, 0.25) is 5.02 Å². The quantitative estimate of drug-likeness (QED) is 0.593. The number of anilines is 1. The number of hydrogen-bond acceptors (Lipinski definition) is 5. The van der Waals surface area contributed by atoms with Crippen LogP contribution in [-0.2, 0) is 0 Å². The minimum absolute atomic E-state index is 0.0334. The molecule has 0 saturated heterocycles. The van der Waals surface area contributed by atoms with Gasteiger partial charge in [0, 0.05) is 32.4 Å². The van der Waals surface area contributed by atoms with E-state index in [1.54, 1.807) is 18.6 Å². The van der Waals surface area contributed by atoms with Crippen molar-refractivity contribution in [1.29, 1.82) is 0 Å². The number of likely N-dealkylation sites (N-methyl/N-ethyl adjacent to an activating group) is 2. The van der Waals surface area contributed by atoms with Crippen molar-refractivity contribution in [2.75, 3.05) is 25.0 Å². The summed E-state index contributed by atoms with van der Waals surface area (Å²) in [4.78, 5) is 23.2. The lowest BCUT2D eigenvalue weighted by Gasteiger charge is -2.32. The van der Waals surface area contributed by atoms with Gasteiger partial charge >= 0.3 is 0 Å². The maximum Gasteiger partial charge on any atom is 0.256 e. The van der Waals surface area contributed by atoms with Gasteiger partial charge in [0.05, 0.1) is 28.7 Å². The van der Waals surface area contributed by atoms with Crippen LogP contribution < -0.4 is 4.90 Å². The third-order valence-corrected chi connectivity index (χ3v) is 5.01. The Labute approximate surface area is 175 Å². The van der Waals surface area contributed by atoms with Crippen molar-refractivity contribution in [2.24, 2.45) is 0 Å². The Balaban J connectivity index is 1.83. The van der Waals surface area contributed by atoms with Crippen molar-refractivity contribution in [1.82, 2.24) is 24.9 Å². The molecule has 3 rings (SSSR count). The van der Waals surface area contributed by atoms with Crippen LogP contribution in [0.4, 0.5) is 5.82 Å². The highest BCUT2D eigenvalue weighted by Crippen LogP contribution is 2.20. The van der Waals surface area contributed by atoms with Crippen LogP contribution in [0.3, 0.4) is 0 Å². The molecule has 2 aromatic heterocycles. The third kappa shape index (κ3) is 4.74. The normalized spacial score (nSPS) is 11.9. The Morgan fingerprint density at radius 2 is 1.93 bits per heavy atom. The molecule has 1 amide bonds. The minimum atomic E-state index is -0.0477. The van der Waals surface area contributed by atoms with Gasteiger partial charge in [0.15, 0.2) is 0 Å². The number of aromatic nitrogens is 4. The number of nitrogens with zero attached hydrogens (tertiary/aromatic N) is 6. The van der Waals surface area contributed by atoms with Crippen LogP contribution in [0.25, 0.3) is 5.69 Å². The largest absolute Gasteiger partial charge is 0.358 e. The van der Waals surface area contributed by atoms with Crippen LogP contribution >= 0.6 is 11.6 Å². The van der Waals surface area contributed by atoms with E-state index in [4.69, 9.17) is 11.6 Å². The first-order valence-corrected chi connectivity index (χ1v) is 9.89. The van der Waals surface area contributed by atoms with Crippen LogP contribution in [0, 0.1) is 6.92 Å². The van der Waals surface area contributed by atoms with E-state index < -0.39 is 0 Å². The molecule has 2 heterocycles. The first-order valence-electron chi connectivity index (χ1n) is 9.51. The highest BCUT2D eigenvalue weighted by molar-refractivity contribution is 6.30. The van der Waals surface area contributed by atoms with Crippen molar-refractivity contribution in [3.8, 4) is 5.69 Å². The highest BCUT2D eigenvalue weighted by Gasteiger charge is 2.24. The van der Waals surface area contributed by atoms with E-state index >= 15 is 0 Å². The van der Waals surface area contributed by atoms with Crippen molar-refractivity contribution in [3.05, 3.63) is 65.1 Å². The smallest absolute Gasteiger partial charge is 0.256 e. The van der Waals surface area contributed by atoms with Crippen molar-refractivity contribution in [3.63, 3.8) is 0 Å². The maximum atomic E-state index is 13.5. The molecule has 152 valence electrons. The number of pyridine rings is 1. The average molecular weight is 413 g/mol. The molecule has 0 aliphatic rings. The lowest BCUT2D eigenvalue weighted by Crippen LogP contribution is -2.45. The summed E-state index contributed by atoms with van der Waals surface area (Å²) in [6.45, 7) is 7.21. The van der Waals surface area contributed by atoms with Gasteiger partial charge in [-0.25, -0.2) is 4.98 Å². The maximum absolute atomic E-state index is 13.5. The van der Waals surface area contributed by atoms with Gasteiger partial charge in [0.25, 0.3) is 5.91 Å². The topological polar surface area (TPSA) is 67.2 Å². The van der Waals surface area contributed by atoms with Gasteiger partial charge < -0.3 is 9.80 Å². The molecular formula is C21H25ClN6O. The number of hydrogen-bond donors (Lipinski definition) is 0. The van der Waals surface area contributed by atoms with E-state index in [0.29, 0.717) is 29.4 Å². The van der Waals surface area contributed by atoms with Gasteiger partial charge in [-0.3, -0.25) is 4.79 Å². The molecular weight excluding hydrogens is 388 g/mol. The Bertz CT molecular complexity index is 958. The summed E-state index contributed by atoms with van der Waals surface area (Å²) in [7, 11) is 1.96. The molecule has 0 bridgehead atoms. The zero-order valence-electron chi connectivity index (χ0n) is 17.1. The number of benzene rings is 1. The number of rotatable bonds is 7. The number of carbonyl (C=O) groups is 1. The fourth-order valence-electron chi connectivity index (χ4n) is 3.33. The van der Waals surface area contributed by atoms with Crippen molar-refractivity contribution >= 4 is 23.3 Å². The van der Waals surface area contributed by atoms with Crippen LogP contribution in [0.15, 0.2) is 48.9 Å². The van der Waals surface area contributed by atoms with Gasteiger partial charge in [0.1, 0.15) is 5.82 Å². The van der Waals surface area contributed by atoms with E-state index in [9.17, 15) is 4.79 Å². The number of aryl methyl sites for hydroxylation is 1. The summed E-state index contributed by atoms with van der Waals surface area (Å²) in [5.74, 6) is 0.759. The molecule has 0 fully saturated rings. The first kappa shape index (κ1) is 20.8. The van der Waals surface area contributed by atoms with E-state index in [-0.39, 0.29) is 11.9 Å². The molecule has 3 aromatic rings. The molecule has 8 heteroatoms. The molecule has 0 aliphatic carbocycles. The van der Waals surface area contributed by atoms with Crippen molar-refractivity contribution < 1.29 is 4.79 Å². The van der Waals surface area contributed by atoms with Crippen molar-refractivity contribution in [2.45, 2.75) is 26.8 Å². The van der Waals surface area contributed by atoms with Crippen LogP contribution in [0.5, 0.6) is 0 Å². The lowest BCUT2D eigenvalue weighted by molar-refractivity contribution is 0.0708. The van der Waals surface area contributed by atoms with Gasteiger partial charge in [-0.1, -0.05) is 23.2 Å². The van der Waals surface area contributed by atoms with E-state index in [2.05, 4.69) is 15.2 Å². The second-order valence-corrected chi connectivity index (χ2v) is 7.43. The Morgan fingerprint density at radius 1 is 1.21 bits per heavy atom. The van der Waals surface area contributed by atoms with Crippen LogP contribution in [-0.4, -0.2) is 57.0 Å². The average Bonchev–Trinajstić information content (AvgIpc) is 3.23. The predicted octanol–water partition coefficient (Wildman–Crippen LogP) is 3.61. The number of halogens is 1. The molecule has 0 N–H and O–H groups in total. The SMILES string of the molecule is CCN(C(=O)c1cc(C)ccc1-n1nccn1)C(C)CN(C)c1ccc(Cl)cn1. The zero-order valence-corrected chi connectivity index (χ0v) is 17.8. The third-order valence-electron chi connectivity index (χ3n) is 4.79. The standard InChI is InChI=1S/C21H25ClN6O/c1-5-27(16(3)14-26(4)20-9-7-17(22)13-23-20)21(29)18-12-15(2)6-8-19(18)28-24-10-11-25-28/h6-13,16H,5,14H2,1-4H3. The fourth-order valence-corrected chi connectivity index (χ4v) is 3.44. The molecule has 29 heavy (non-hydrogen) atoms. The lowest BCUT2D eigenvalue weighted by atomic mass is 10.1. The van der Waals surface area contributed by atoms with Gasteiger partial charge in [-0.2, -0.15) is 15.0 Å². The molecule has 0 spiro atoms. The first-order chi connectivity index (χ1) is 13.9. The van der Waals surface area contributed by atoms with Gasteiger partial charge in [-0.05, 0) is 45.0 Å². The zero-order chi connectivity index (χ0) is 21.0. The van der Waals surface area contributed by atoms with E-state index in [1.807, 2.05) is 68.0 Å². The molecule has 1 atom stereocenters. The summed E-state index contributed by atoms with van der Waals surface area (Å²) >= 11 is 5.93. The summed E-state index contributed by atoms with van der Waals surface area (Å²) < 4.78 is 0. The Hall–Kier alpha value is -2.93. The van der Waals surface area contributed by atoms with Gasteiger partial charge in [-0.15, -0.1) is 0 Å². The molecule has 7 nitrogen and oxygen atoms in total. The van der Waals surface area contributed by atoms with E-state index in [1.165, 1.54) is 4.80 Å². The summed E-state index contributed by atoms with van der Waals surface area (Å²) in [5, 5.41) is 8.98. The molecule has 0 aliphatic heterocycles. The summed E-state index contributed by atoms with van der Waals surface area (Å²) in [5.41, 5.74) is 2.27. The Kier molecular flexibility index (Phi) is 6.49. The summed E-state index contributed by atoms with van der Waals surface area (Å²) in [6.07, 6.45) is 4.82. The molecule has 0 radical (unpaired) electrons. The fraction of sp³-hybridized carbons (Fsp3) is 0.333. The highest BCUT2D eigenvalue weighted by atomic mass is 35.5. The predicted molar refractivity (Wildman–Crippen MR) is 115 cm³/mol. The second-order valence-electron chi connectivity index (χ2n) is 6.99. The van der Waals surface area contributed by atoms with Gasteiger partial charge in [0.2, 0.25) is 0 Å². The summed E-state index contributed by atoms with van der Waals surface area (Å²) in [6, 6.07) is 9.37. The molecule has 1 unspecified atom stereocenters.